The van der Waals surface area contributed by atoms with Gasteiger partial charge in [-0.25, -0.2) is 0 Å². The quantitative estimate of drug-likeness (QED) is 0.606. The number of carbonyl (C=O) groups is 2. The lowest BCUT2D eigenvalue weighted by atomic mass is 9.99. The smallest absolute Gasteiger partial charge is 0.260 e. The van der Waals surface area contributed by atoms with Crippen molar-refractivity contribution in [2.24, 2.45) is 0 Å². The third-order valence-corrected chi connectivity index (χ3v) is 5.27. The predicted molar refractivity (Wildman–Crippen MR) is 114 cm³/mol. The minimum Gasteiger partial charge on any atom is -0.352 e. The van der Waals surface area contributed by atoms with E-state index in [0.717, 1.165) is 24.8 Å². The second-order valence-corrected chi connectivity index (χ2v) is 7.36. The molecule has 0 saturated heterocycles. The number of rotatable bonds is 3. The van der Waals surface area contributed by atoms with E-state index in [1.807, 2.05) is 37.3 Å². The molecule has 1 aliphatic heterocycles. The molecule has 1 atom stereocenters. The molecule has 0 bridgehead atoms. The first-order valence-electron chi connectivity index (χ1n) is 9.99. The molecule has 0 fully saturated rings. The molecular weight excluding hydrogens is 356 g/mol. The number of aryl methyl sites for hydroxylation is 1. The summed E-state index contributed by atoms with van der Waals surface area (Å²) in [5, 5.41) is 5.72. The second-order valence-electron chi connectivity index (χ2n) is 6.92. The Bertz CT molecular complexity index is 685. The van der Waals surface area contributed by atoms with Crippen molar-refractivity contribution < 1.29 is 9.59 Å². The van der Waals surface area contributed by atoms with Gasteiger partial charge in [-0.05, 0) is 50.7 Å². The van der Waals surface area contributed by atoms with E-state index in [0.29, 0.717) is 18.5 Å². The van der Waals surface area contributed by atoms with Gasteiger partial charge in [0.1, 0.15) is 4.86 Å². The van der Waals surface area contributed by atoms with E-state index in [2.05, 4.69) is 16.7 Å². The largest absolute Gasteiger partial charge is 0.352 e. The summed E-state index contributed by atoms with van der Waals surface area (Å²) in [6.45, 7) is 2.37. The fraction of sp³-hybridized carbons (Fsp3) is 0.500. The molecule has 0 radical (unpaired) electrons. The summed E-state index contributed by atoms with van der Waals surface area (Å²) in [6.07, 6.45) is 12.5. The monoisotopic (exact) mass is 386 g/mol. The van der Waals surface area contributed by atoms with Crippen LogP contribution in [0.3, 0.4) is 0 Å². The van der Waals surface area contributed by atoms with Crippen molar-refractivity contribution in [3.63, 3.8) is 0 Å². The molecule has 5 heteroatoms. The minimum absolute atomic E-state index is 0.162. The van der Waals surface area contributed by atoms with Crippen molar-refractivity contribution in [2.75, 3.05) is 6.54 Å². The summed E-state index contributed by atoms with van der Waals surface area (Å²) in [7, 11) is 0. The summed E-state index contributed by atoms with van der Waals surface area (Å²) in [5.41, 5.74) is 1.74. The normalized spacial score (nSPS) is 20.3. The van der Waals surface area contributed by atoms with Crippen LogP contribution in [0.15, 0.2) is 36.4 Å². The fourth-order valence-corrected chi connectivity index (χ4v) is 3.52. The fourth-order valence-electron chi connectivity index (χ4n) is 3.29. The van der Waals surface area contributed by atoms with Crippen LogP contribution in [0, 0.1) is 0 Å². The first-order valence-corrected chi connectivity index (χ1v) is 10.4. The van der Waals surface area contributed by atoms with E-state index in [4.69, 9.17) is 12.2 Å². The van der Waals surface area contributed by atoms with E-state index < -0.39 is 6.04 Å². The van der Waals surface area contributed by atoms with Crippen molar-refractivity contribution in [2.45, 2.75) is 64.3 Å². The SMILES string of the molecule is CCNC(=O)C(=S)[C@@H]1C/C=C/CCCCCCCc2ccccc2C(=O)N1. The molecule has 4 nitrogen and oxygen atoms in total. The van der Waals surface area contributed by atoms with Crippen LogP contribution in [0.2, 0.25) is 0 Å². The molecule has 0 unspecified atom stereocenters. The molecule has 2 rings (SSSR count). The van der Waals surface area contributed by atoms with Crippen molar-refractivity contribution in [3.8, 4) is 0 Å². The lowest BCUT2D eigenvalue weighted by molar-refractivity contribution is -0.114. The van der Waals surface area contributed by atoms with Crippen LogP contribution < -0.4 is 10.6 Å². The number of nitrogens with one attached hydrogen (secondary N) is 2. The van der Waals surface area contributed by atoms with Gasteiger partial charge in [-0.15, -0.1) is 0 Å². The Labute approximate surface area is 167 Å². The van der Waals surface area contributed by atoms with Crippen LogP contribution in [-0.4, -0.2) is 29.3 Å². The van der Waals surface area contributed by atoms with Crippen LogP contribution in [0.4, 0.5) is 0 Å². The maximum absolute atomic E-state index is 12.9. The third-order valence-electron chi connectivity index (χ3n) is 4.80. The highest BCUT2D eigenvalue weighted by atomic mass is 32.1. The van der Waals surface area contributed by atoms with Crippen LogP contribution in [-0.2, 0) is 11.2 Å². The van der Waals surface area contributed by atoms with Gasteiger partial charge in [-0.3, -0.25) is 9.59 Å². The molecule has 0 spiro atoms. The number of fused-ring (bicyclic) bond motifs is 1. The van der Waals surface area contributed by atoms with E-state index in [1.54, 1.807) is 0 Å². The zero-order valence-electron chi connectivity index (χ0n) is 16.1. The van der Waals surface area contributed by atoms with Crippen LogP contribution in [0.1, 0.15) is 67.8 Å². The molecule has 1 heterocycles. The highest BCUT2D eigenvalue weighted by Crippen LogP contribution is 2.16. The van der Waals surface area contributed by atoms with Gasteiger partial charge in [-0.2, -0.15) is 0 Å². The second kappa shape index (κ2) is 11.7. The lowest BCUT2D eigenvalue weighted by Crippen LogP contribution is -2.46. The first kappa shape index (κ1) is 21.3. The molecule has 146 valence electrons. The van der Waals surface area contributed by atoms with Crippen molar-refractivity contribution in [1.82, 2.24) is 10.6 Å². The number of benzene rings is 1. The van der Waals surface area contributed by atoms with Crippen LogP contribution in [0.25, 0.3) is 0 Å². The van der Waals surface area contributed by atoms with Gasteiger partial charge in [-0.1, -0.05) is 61.8 Å². The van der Waals surface area contributed by atoms with Gasteiger partial charge in [0.05, 0.1) is 6.04 Å². The maximum Gasteiger partial charge on any atom is 0.260 e. The van der Waals surface area contributed by atoms with E-state index >= 15 is 0 Å². The number of allylic oxidation sites excluding steroid dienone is 1. The minimum atomic E-state index is -0.478. The van der Waals surface area contributed by atoms with Crippen molar-refractivity contribution >= 4 is 28.9 Å². The van der Waals surface area contributed by atoms with Gasteiger partial charge in [0.25, 0.3) is 11.8 Å². The predicted octanol–water partition coefficient (Wildman–Crippen LogP) is 4.13. The van der Waals surface area contributed by atoms with Gasteiger partial charge < -0.3 is 10.6 Å². The lowest BCUT2D eigenvalue weighted by Gasteiger charge is -2.19. The zero-order chi connectivity index (χ0) is 19.5. The first-order chi connectivity index (χ1) is 13.1. The Hall–Kier alpha value is -2.01. The molecule has 2 N–H and O–H groups in total. The highest BCUT2D eigenvalue weighted by Gasteiger charge is 2.23. The topological polar surface area (TPSA) is 58.2 Å². The molecule has 1 aromatic rings. The van der Waals surface area contributed by atoms with Crippen LogP contribution in [0.5, 0.6) is 0 Å². The molecule has 1 aliphatic rings. The summed E-state index contributed by atoms with van der Waals surface area (Å²) in [4.78, 5) is 25.3. The average molecular weight is 387 g/mol. The average Bonchev–Trinajstić information content (AvgIpc) is 2.68. The number of thiocarbonyl (C=S) groups is 1. The van der Waals surface area contributed by atoms with Gasteiger partial charge in [0.15, 0.2) is 0 Å². The van der Waals surface area contributed by atoms with Crippen molar-refractivity contribution in [3.05, 3.63) is 47.5 Å². The maximum atomic E-state index is 12.9. The highest BCUT2D eigenvalue weighted by molar-refractivity contribution is 7.82. The van der Waals surface area contributed by atoms with Gasteiger partial charge >= 0.3 is 0 Å². The summed E-state index contributed by atoms with van der Waals surface area (Å²) in [6, 6.07) is 7.24. The Balaban J connectivity index is 2.22. The Kier molecular flexibility index (Phi) is 9.19. The number of hydrogen-bond donors (Lipinski definition) is 2. The molecule has 1 aromatic carbocycles. The van der Waals surface area contributed by atoms with Crippen molar-refractivity contribution in [1.29, 1.82) is 0 Å². The molecule has 2 amide bonds. The van der Waals surface area contributed by atoms with Gasteiger partial charge in [0.2, 0.25) is 0 Å². The van der Waals surface area contributed by atoms with E-state index in [1.165, 1.54) is 25.7 Å². The molecule has 27 heavy (non-hydrogen) atoms. The number of carbonyl (C=O) groups excluding carboxylic acids is 2. The standard InChI is InChI=1S/C22H30N2O2S/c1-2-23-22(26)20(27)19-16-10-8-6-4-3-5-7-9-13-17-14-11-12-15-18(17)21(25)24-19/h8,10-12,14-15,19H,2-7,9,13,16H2,1H3,(H,23,26)(H,24,25)/b10-8+/t19-/m0/s1. The Morgan fingerprint density at radius 3 is 2.70 bits per heavy atom. The molecule has 0 aromatic heterocycles. The third kappa shape index (κ3) is 6.90. The summed E-state index contributed by atoms with van der Waals surface area (Å²) < 4.78 is 0. The number of amides is 2. The molecular formula is C22H30N2O2S. The van der Waals surface area contributed by atoms with Crippen LogP contribution >= 0.6 is 12.2 Å². The number of hydrogen-bond acceptors (Lipinski definition) is 3. The molecule has 0 saturated carbocycles. The van der Waals surface area contributed by atoms with E-state index in [-0.39, 0.29) is 16.7 Å². The van der Waals surface area contributed by atoms with Gasteiger partial charge in [0, 0.05) is 12.1 Å². The Morgan fingerprint density at radius 1 is 1.15 bits per heavy atom. The Morgan fingerprint density at radius 2 is 1.89 bits per heavy atom. The molecule has 0 aliphatic carbocycles. The van der Waals surface area contributed by atoms with E-state index in [9.17, 15) is 9.59 Å². The summed E-state index contributed by atoms with van der Waals surface area (Å²) in [5.74, 6) is -0.442. The zero-order valence-corrected chi connectivity index (χ0v) is 16.9. The summed E-state index contributed by atoms with van der Waals surface area (Å²) >= 11 is 5.37.